The molecule has 1 fully saturated rings. The molecule has 2 heterocycles. The Bertz CT molecular complexity index is 1060. The summed E-state index contributed by atoms with van der Waals surface area (Å²) in [5.41, 5.74) is 12.0. The van der Waals surface area contributed by atoms with Gasteiger partial charge in [0.25, 0.3) is 0 Å². The van der Waals surface area contributed by atoms with Crippen LogP contribution in [0.25, 0.3) is 5.70 Å². The largest absolute Gasteiger partial charge is 0.490 e. The van der Waals surface area contributed by atoms with Crippen LogP contribution in [0.15, 0.2) is 33.4 Å². The third kappa shape index (κ3) is 4.63. The van der Waals surface area contributed by atoms with Crippen molar-refractivity contribution >= 4 is 45.3 Å². The van der Waals surface area contributed by atoms with Crippen molar-refractivity contribution in [1.29, 1.82) is 0 Å². The summed E-state index contributed by atoms with van der Waals surface area (Å²) in [7, 11) is 0. The Balaban J connectivity index is 1.59. The average molecular weight is 520 g/mol. The number of fused-ring (bicyclic) bond motifs is 1. The Kier molecular flexibility index (Phi) is 7.33. The highest BCUT2D eigenvalue weighted by atomic mass is 79.9. The highest BCUT2D eigenvalue weighted by molar-refractivity contribution is 9.10. The lowest BCUT2D eigenvalue weighted by atomic mass is 10.00. The minimum atomic E-state index is 0.151. The average Bonchev–Trinajstić information content (AvgIpc) is 3.37. The van der Waals surface area contributed by atoms with Gasteiger partial charge in [-0.05, 0) is 85.3 Å². The first kappa shape index (κ1) is 23.4. The van der Waals surface area contributed by atoms with Crippen molar-refractivity contribution in [3.05, 3.63) is 50.1 Å². The molecule has 0 spiro atoms. The van der Waals surface area contributed by atoms with E-state index in [1.165, 1.54) is 16.7 Å². The van der Waals surface area contributed by atoms with Gasteiger partial charge >= 0.3 is 0 Å². The highest BCUT2D eigenvalue weighted by Gasteiger charge is 2.31. The maximum absolute atomic E-state index is 6.52. The zero-order valence-electron chi connectivity index (χ0n) is 19.0. The van der Waals surface area contributed by atoms with Gasteiger partial charge < -0.3 is 20.4 Å². The lowest BCUT2D eigenvalue weighted by Gasteiger charge is -2.23. The molecule has 1 aliphatic carbocycles. The predicted octanol–water partition coefficient (Wildman–Crippen LogP) is 6.54. The topological polar surface area (TPSA) is 64.6 Å². The molecule has 2 aromatic rings. The number of nitrogens with zero attached hydrogens (tertiary/aromatic N) is 2. The number of rotatable bonds is 6. The quantitative estimate of drug-likeness (QED) is 0.426. The summed E-state index contributed by atoms with van der Waals surface area (Å²) >= 11 is 10.1. The van der Waals surface area contributed by atoms with Gasteiger partial charge in [-0.2, -0.15) is 0 Å². The van der Waals surface area contributed by atoms with Crippen LogP contribution in [0.4, 0.5) is 5.82 Å². The van der Waals surface area contributed by atoms with Crippen LogP contribution in [0.2, 0.25) is 5.02 Å². The Labute approximate surface area is 204 Å². The maximum atomic E-state index is 6.52. The summed E-state index contributed by atoms with van der Waals surface area (Å²) in [6.45, 7) is 7.97. The van der Waals surface area contributed by atoms with Crippen molar-refractivity contribution in [1.82, 2.24) is 9.88 Å². The number of allylic oxidation sites excluding steroid dienone is 1. The summed E-state index contributed by atoms with van der Waals surface area (Å²) in [6.07, 6.45) is 8.99. The molecule has 2 atom stereocenters. The Morgan fingerprint density at radius 3 is 2.97 bits per heavy atom. The summed E-state index contributed by atoms with van der Waals surface area (Å²) < 4.78 is 9.78. The van der Waals surface area contributed by atoms with E-state index in [-0.39, 0.29) is 6.10 Å². The smallest absolute Gasteiger partial charge is 0.142 e. The maximum Gasteiger partial charge on any atom is 0.142 e. The van der Waals surface area contributed by atoms with E-state index in [1.807, 2.05) is 19.2 Å². The van der Waals surface area contributed by atoms with Crippen LogP contribution in [0.3, 0.4) is 0 Å². The number of halogens is 2. The Morgan fingerprint density at radius 2 is 2.22 bits per heavy atom. The van der Waals surface area contributed by atoms with Crippen molar-refractivity contribution in [3.63, 3.8) is 0 Å². The van der Waals surface area contributed by atoms with Crippen molar-refractivity contribution in [2.24, 2.45) is 10.7 Å². The molecule has 1 saturated carbocycles. The molecule has 2 aliphatic rings. The number of hydrogen-bond donors (Lipinski definition) is 2. The third-order valence-electron chi connectivity index (χ3n) is 6.65. The first-order valence-electron chi connectivity index (χ1n) is 11.5. The number of nitrogens with one attached hydrogen (secondary N) is 1. The van der Waals surface area contributed by atoms with E-state index in [0.717, 1.165) is 77.5 Å². The standard InChI is InChI=1S/C25H32BrClN4O/c1-4-15(3)24(28)23-21(26)14-31(25(23)30-5-2)18-6-7-19(12-18)32-22-11-17(27)10-16-8-9-29-13-20(16)22/h5,10-11,14,18-19,29H,4,6-9,12-13,28H2,1-3H3/b24-15-,30-5?. The van der Waals surface area contributed by atoms with Gasteiger partial charge in [-0.15, -0.1) is 0 Å². The lowest BCUT2D eigenvalue weighted by Crippen LogP contribution is -2.25. The van der Waals surface area contributed by atoms with Crippen LogP contribution in [-0.2, 0) is 13.0 Å². The molecule has 2 unspecified atom stereocenters. The van der Waals surface area contributed by atoms with E-state index in [1.54, 1.807) is 0 Å². The zero-order chi connectivity index (χ0) is 22.8. The third-order valence-corrected chi connectivity index (χ3v) is 7.47. The molecule has 7 heteroatoms. The summed E-state index contributed by atoms with van der Waals surface area (Å²) in [6, 6.07) is 4.36. The van der Waals surface area contributed by atoms with Crippen molar-refractivity contribution in [2.75, 3.05) is 6.54 Å². The monoisotopic (exact) mass is 518 g/mol. The minimum Gasteiger partial charge on any atom is -0.490 e. The van der Waals surface area contributed by atoms with E-state index < -0.39 is 0 Å². The van der Waals surface area contributed by atoms with Gasteiger partial charge in [-0.1, -0.05) is 18.5 Å². The first-order valence-corrected chi connectivity index (χ1v) is 12.6. The van der Waals surface area contributed by atoms with Gasteiger partial charge in [-0.25, -0.2) is 4.99 Å². The molecule has 0 radical (unpaired) electrons. The molecule has 4 rings (SSSR count). The Hall–Kier alpha value is -1.76. The van der Waals surface area contributed by atoms with Gasteiger partial charge in [0, 0.05) is 52.2 Å². The van der Waals surface area contributed by atoms with E-state index in [4.69, 9.17) is 27.1 Å². The van der Waals surface area contributed by atoms with Gasteiger partial charge in [0.1, 0.15) is 17.7 Å². The molecule has 0 amide bonds. The van der Waals surface area contributed by atoms with Crippen molar-refractivity contribution < 1.29 is 4.74 Å². The number of nitrogens with two attached hydrogens (primary N) is 1. The highest BCUT2D eigenvalue weighted by Crippen LogP contribution is 2.43. The second-order valence-electron chi connectivity index (χ2n) is 8.69. The normalized spacial score (nSPS) is 21.7. The molecule has 32 heavy (non-hydrogen) atoms. The van der Waals surface area contributed by atoms with Gasteiger partial charge in [-0.3, -0.25) is 0 Å². The minimum absolute atomic E-state index is 0.151. The van der Waals surface area contributed by atoms with Crippen molar-refractivity contribution in [3.8, 4) is 5.75 Å². The van der Waals surface area contributed by atoms with Crippen LogP contribution < -0.4 is 15.8 Å². The van der Waals surface area contributed by atoms with Crippen LogP contribution in [-0.4, -0.2) is 23.4 Å². The van der Waals surface area contributed by atoms with E-state index in [2.05, 4.69) is 51.9 Å². The van der Waals surface area contributed by atoms with Gasteiger partial charge in [0.15, 0.2) is 0 Å². The SMILES string of the molecule is CC=Nc1c(/C(N)=C(\C)CC)c(Br)cn1C1CCC(Oc2cc(Cl)cc3c2CNCC3)C1. The number of hydrogen-bond acceptors (Lipinski definition) is 4. The molecule has 0 saturated heterocycles. The second kappa shape index (κ2) is 10.0. The molecular formula is C25H32BrClN4O. The molecule has 0 bridgehead atoms. The second-order valence-corrected chi connectivity index (χ2v) is 9.98. The predicted molar refractivity (Wildman–Crippen MR) is 137 cm³/mol. The van der Waals surface area contributed by atoms with Crippen LogP contribution in [0, 0.1) is 0 Å². The van der Waals surface area contributed by atoms with E-state index >= 15 is 0 Å². The number of aromatic nitrogens is 1. The summed E-state index contributed by atoms with van der Waals surface area (Å²) in [5, 5.41) is 4.20. The fourth-order valence-electron chi connectivity index (χ4n) is 4.76. The number of ether oxygens (including phenoxy) is 1. The molecule has 1 aromatic heterocycles. The fraction of sp³-hybridized carbons (Fsp3) is 0.480. The van der Waals surface area contributed by atoms with Gasteiger partial charge in [0.05, 0.1) is 5.56 Å². The summed E-state index contributed by atoms with van der Waals surface area (Å²) in [5.74, 6) is 1.84. The first-order chi connectivity index (χ1) is 15.4. The molecular weight excluding hydrogens is 488 g/mol. The number of benzene rings is 1. The van der Waals surface area contributed by atoms with Gasteiger partial charge in [0.2, 0.25) is 0 Å². The fourth-order valence-corrected chi connectivity index (χ4v) is 5.60. The molecule has 1 aliphatic heterocycles. The Morgan fingerprint density at radius 1 is 1.41 bits per heavy atom. The molecule has 3 N–H and O–H groups in total. The van der Waals surface area contributed by atoms with Crippen LogP contribution in [0.5, 0.6) is 5.75 Å². The molecule has 5 nitrogen and oxygen atoms in total. The molecule has 1 aromatic carbocycles. The van der Waals surface area contributed by atoms with E-state index in [9.17, 15) is 0 Å². The lowest BCUT2D eigenvalue weighted by molar-refractivity contribution is 0.201. The number of aliphatic imine (C=N–C) groups is 1. The van der Waals surface area contributed by atoms with Crippen LogP contribution >= 0.6 is 27.5 Å². The van der Waals surface area contributed by atoms with Crippen LogP contribution in [0.1, 0.15) is 69.2 Å². The van der Waals surface area contributed by atoms with E-state index in [0.29, 0.717) is 6.04 Å². The zero-order valence-corrected chi connectivity index (χ0v) is 21.4. The van der Waals surface area contributed by atoms with Crippen molar-refractivity contribution in [2.45, 2.75) is 71.6 Å². The summed E-state index contributed by atoms with van der Waals surface area (Å²) in [4.78, 5) is 4.72. The molecule has 172 valence electrons.